The van der Waals surface area contributed by atoms with Crippen molar-refractivity contribution in [3.05, 3.63) is 0 Å². The molecule has 12 heteroatoms. The van der Waals surface area contributed by atoms with Crippen molar-refractivity contribution in [1.82, 2.24) is 16.0 Å². The Labute approximate surface area is 201 Å². The minimum absolute atomic E-state index is 0.00143. The van der Waals surface area contributed by atoms with Crippen molar-refractivity contribution in [1.29, 1.82) is 0 Å². The molecule has 0 radical (unpaired) electrons. The fraction of sp³-hybridized carbons (Fsp3) is 0.850. The molecule has 0 saturated heterocycles. The van der Waals surface area contributed by atoms with E-state index in [1.165, 1.54) is 18.8 Å². The standard InChI is InChI=1S/C20H39N3O7S2/c1-21-19(25)30-10-6-9-29-17-18(24)22-7-4-2-3-5-8-23-20(26)32-16-14-28-12-11-27-13-15-31/h31H,2-17H2,1H3,(H,21,25)(H,22,24)(H,23,26). The zero-order valence-corrected chi connectivity index (χ0v) is 20.7. The van der Waals surface area contributed by atoms with Gasteiger partial charge in [0.2, 0.25) is 5.91 Å². The van der Waals surface area contributed by atoms with Crippen LogP contribution in [0.5, 0.6) is 0 Å². The van der Waals surface area contributed by atoms with Gasteiger partial charge in [-0.15, -0.1) is 0 Å². The van der Waals surface area contributed by atoms with Crippen LogP contribution >= 0.6 is 24.4 Å². The van der Waals surface area contributed by atoms with E-state index < -0.39 is 6.09 Å². The number of rotatable bonds is 21. The second kappa shape index (κ2) is 24.4. The van der Waals surface area contributed by atoms with Gasteiger partial charge in [-0.25, -0.2) is 4.79 Å². The molecule has 0 bridgehead atoms. The van der Waals surface area contributed by atoms with Crippen LogP contribution in [0.3, 0.4) is 0 Å². The molecule has 32 heavy (non-hydrogen) atoms. The van der Waals surface area contributed by atoms with Gasteiger partial charge in [0.05, 0.1) is 39.6 Å². The molecule has 0 spiro atoms. The van der Waals surface area contributed by atoms with Gasteiger partial charge in [-0.05, 0) is 12.8 Å². The summed E-state index contributed by atoms with van der Waals surface area (Å²) in [4.78, 5) is 34.2. The van der Waals surface area contributed by atoms with Crippen molar-refractivity contribution in [2.24, 2.45) is 0 Å². The zero-order valence-electron chi connectivity index (χ0n) is 19.0. The van der Waals surface area contributed by atoms with E-state index >= 15 is 0 Å². The number of hydrogen-bond donors (Lipinski definition) is 4. The molecule has 0 fully saturated rings. The van der Waals surface area contributed by atoms with Gasteiger partial charge in [-0.1, -0.05) is 24.6 Å². The summed E-state index contributed by atoms with van der Waals surface area (Å²) in [5, 5.41) is 7.99. The first-order valence-electron chi connectivity index (χ1n) is 11.0. The molecule has 0 rings (SSSR count). The minimum Gasteiger partial charge on any atom is -0.449 e. The fourth-order valence-electron chi connectivity index (χ4n) is 2.27. The average molecular weight is 498 g/mol. The van der Waals surface area contributed by atoms with E-state index in [0.717, 1.165) is 25.7 Å². The van der Waals surface area contributed by atoms with Crippen molar-refractivity contribution in [3.63, 3.8) is 0 Å². The maximum Gasteiger partial charge on any atom is 0.406 e. The van der Waals surface area contributed by atoms with E-state index in [0.29, 0.717) is 64.1 Å². The Kier molecular flexibility index (Phi) is 23.5. The summed E-state index contributed by atoms with van der Waals surface area (Å²) in [5.74, 6) is 1.16. The van der Waals surface area contributed by atoms with Crippen LogP contribution in [0.15, 0.2) is 0 Å². The molecule has 3 amide bonds. The van der Waals surface area contributed by atoms with Crippen molar-refractivity contribution in [2.75, 3.05) is 77.9 Å². The molecule has 0 unspecified atom stereocenters. The van der Waals surface area contributed by atoms with Gasteiger partial charge in [0.15, 0.2) is 0 Å². The third-order valence-corrected chi connectivity index (χ3v) is 4.83. The van der Waals surface area contributed by atoms with Gasteiger partial charge in [0.25, 0.3) is 5.24 Å². The second-order valence-corrected chi connectivity index (χ2v) is 8.08. The zero-order chi connectivity index (χ0) is 23.7. The highest BCUT2D eigenvalue weighted by molar-refractivity contribution is 8.13. The molecule has 0 aromatic carbocycles. The lowest BCUT2D eigenvalue weighted by atomic mass is 10.2. The topological polar surface area (TPSA) is 124 Å². The Balaban J connectivity index is 3.29. The van der Waals surface area contributed by atoms with Crippen LogP contribution in [-0.2, 0) is 23.7 Å². The molecule has 10 nitrogen and oxygen atoms in total. The summed E-state index contributed by atoms with van der Waals surface area (Å²) in [6, 6.07) is 0. The van der Waals surface area contributed by atoms with Gasteiger partial charge in [0, 0.05) is 38.1 Å². The summed E-state index contributed by atoms with van der Waals surface area (Å²) in [6.45, 7) is 4.06. The number of hydrogen-bond acceptors (Lipinski definition) is 9. The Morgan fingerprint density at radius 1 is 0.781 bits per heavy atom. The molecule has 0 aromatic rings. The molecule has 0 aromatic heterocycles. The largest absolute Gasteiger partial charge is 0.449 e. The van der Waals surface area contributed by atoms with Crippen LogP contribution in [0, 0.1) is 0 Å². The fourth-order valence-corrected chi connectivity index (χ4v) is 2.99. The van der Waals surface area contributed by atoms with Gasteiger partial charge >= 0.3 is 6.09 Å². The quantitative estimate of drug-likeness (QED) is 0.140. The number of nitrogens with one attached hydrogen (secondary N) is 3. The summed E-state index contributed by atoms with van der Waals surface area (Å²) in [7, 11) is 1.49. The highest BCUT2D eigenvalue weighted by Crippen LogP contribution is 2.03. The molecular weight excluding hydrogens is 458 g/mol. The third-order valence-electron chi connectivity index (χ3n) is 3.87. The van der Waals surface area contributed by atoms with Gasteiger partial charge < -0.3 is 34.9 Å². The molecule has 0 atom stereocenters. The van der Waals surface area contributed by atoms with Crippen LogP contribution in [-0.4, -0.2) is 95.1 Å². The lowest BCUT2D eigenvalue weighted by molar-refractivity contribution is -0.125. The highest BCUT2D eigenvalue weighted by atomic mass is 32.2. The predicted molar refractivity (Wildman–Crippen MR) is 129 cm³/mol. The van der Waals surface area contributed by atoms with Gasteiger partial charge in [-0.3, -0.25) is 9.59 Å². The van der Waals surface area contributed by atoms with Crippen molar-refractivity contribution >= 4 is 41.6 Å². The lowest BCUT2D eigenvalue weighted by Crippen LogP contribution is -2.28. The first-order chi connectivity index (χ1) is 15.6. The van der Waals surface area contributed by atoms with E-state index in [2.05, 4.69) is 28.6 Å². The van der Waals surface area contributed by atoms with E-state index in [1.54, 1.807) is 0 Å². The van der Waals surface area contributed by atoms with E-state index in [4.69, 9.17) is 18.9 Å². The smallest absolute Gasteiger partial charge is 0.406 e. The average Bonchev–Trinajstić information content (AvgIpc) is 2.79. The Morgan fingerprint density at radius 2 is 1.47 bits per heavy atom. The van der Waals surface area contributed by atoms with Crippen LogP contribution in [0.4, 0.5) is 9.59 Å². The van der Waals surface area contributed by atoms with Crippen molar-refractivity contribution < 1.29 is 33.3 Å². The lowest BCUT2D eigenvalue weighted by Gasteiger charge is -2.07. The van der Waals surface area contributed by atoms with Crippen LogP contribution in [0.25, 0.3) is 0 Å². The first kappa shape index (κ1) is 30.8. The van der Waals surface area contributed by atoms with Crippen LogP contribution in [0.1, 0.15) is 32.1 Å². The van der Waals surface area contributed by atoms with Crippen molar-refractivity contribution in [3.8, 4) is 0 Å². The van der Waals surface area contributed by atoms with E-state index in [1.807, 2.05) is 0 Å². The maximum absolute atomic E-state index is 11.7. The summed E-state index contributed by atoms with van der Waals surface area (Å²) < 4.78 is 20.6. The Bertz CT molecular complexity index is 488. The number of unbranched alkanes of at least 4 members (excludes halogenated alkanes) is 3. The molecule has 0 saturated carbocycles. The predicted octanol–water partition coefficient (Wildman–Crippen LogP) is 1.83. The number of carbonyl (C=O) groups is 3. The maximum atomic E-state index is 11.7. The molecule has 3 N–H and O–H groups in total. The van der Waals surface area contributed by atoms with Gasteiger partial charge in [0.1, 0.15) is 6.61 Å². The Morgan fingerprint density at radius 3 is 2.16 bits per heavy atom. The molecule has 0 aliphatic rings. The highest BCUT2D eigenvalue weighted by Gasteiger charge is 2.03. The number of carbonyl (C=O) groups excluding carboxylic acids is 3. The number of amides is 3. The SMILES string of the molecule is CNC(=O)OCCCOCC(=O)NCCCCCCNC(=O)SCCOCCOCCS. The van der Waals surface area contributed by atoms with Crippen LogP contribution < -0.4 is 16.0 Å². The van der Waals surface area contributed by atoms with E-state index in [-0.39, 0.29) is 24.4 Å². The Hall–Kier alpha value is -1.21. The number of ether oxygens (including phenoxy) is 4. The molecule has 0 aliphatic carbocycles. The summed E-state index contributed by atoms with van der Waals surface area (Å²) >= 11 is 5.27. The molecule has 0 aliphatic heterocycles. The second-order valence-electron chi connectivity index (χ2n) is 6.57. The third kappa shape index (κ3) is 23.5. The van der Waals surface area contributed by atoms with Crippen molar-refractivity contribution in [2.45, 2.75) is 32.1 Å². The van der Waals surface area contributed by atoms with E-state index in [9.17, 15) is 14.4 Å². The number of alkyl carbamates (subject to hydrolysis) is 1. The molecule has 188 valence electrons. The minimum atomic E-state index is -0.479. The molecule has 0 heterocycles. The first-order valence-corrected chi connectivity index (χ1v) is 12.6. The monoisotopic (exact) mass is 497 g/mol. The summed E-state index contributed by atoms with van der Waals surface area (Å²) in [5.41, 5.74) is 0. The van der Waals surface area contributed by atoms with Crippen LogP contribution in [0.2, 0.25) is 0 Å². The number of thiol groups is 1. The van der Waals surface area contributed by atoms with Gasteiger partial charge in [-0.2, -0.15) is 12.6 Å². The number of thioether (sulfide) groups is 1. The summed E-state index contributed by atoms with van der Waals surface area (Å²) in [6.07, 6.45) is 3.80. The molecular formula is C20H39N3O7S2. The normalized spacial score (nSPS) is 10.6.